The highest BCUT2D eigenvalue weighted by Crippen LogP contribution is 2.36. The highest BCUT2D eigenvalue weighted by molar-refractivity contribution is 5.94. The SMILES string of the molecule is Cc1ccc(C(=O)N2CC[C@@]3(CNC(=O)CN3CC3CC3)C2)cn1. The second-order valence-electron chi connectivity index (χ2n) is 7.49. The largest absolute Gasteiger partial charge is 0.353 e. The topological polar surface area (TPSA) is 65.5 Å². The Balaban J connectivity index is 1.49. The summed E-state index contributed by atoms with van der Waals surface area (Å²) in [7, 11) is 0. The fourth-order valence-corrected chi connectivity index (χ4v) is 3.85. The minimum atomic E-state index is -0.0930. The number of piperazine rings is 1. The number of hydrogen-bond donors (Lipinski definition) is 1. The summed E-state index contributed by atoms with van der Waals surface area (Å²) in [5, 5.41) is 3.01. The van der Waals surface area contributed by atoms with Crippen molar-refractivity contribution < 1.29 is 9.59 Å². The first-order valence-electron chi connectivity index (χ1n) is 8.79. The molecule has 1 N–H and O–H groups in total. The summed E-state index contributed by atoms with van der Waals surface area (Å²) in [6, 6.07) is 3.72. The van der Waals surface area contributed by atoms with Crippen LogP contribution in [0.5, 0.6) is 0 Å². The summed E-state index contributed by atoms with van der Waals surface area (Å²) < 4.78 is 0. The van der Waals surface area contributed by atoms with Crippen LogP contribution >= 0.6 is 0 Å². The van der Waals surface area contributed by atoms with Crippen molar-refractivity contribution in [3.8, 4) is 0 Å². The molecule has 24 heavy (non-hydrogen) atoms. The first kappa shape index (κ1) is 15.6. The zero-order valence-electron chi connectivity index (χ0n) is 14.1. The molecule has 2 amide bonds. The van der Waals surface area contributed by atoms with Gasteiger partial charge in [0.1, 0.15) is 0 Å². The molecular formula is C18H24N4O2. The number of carbonyl (C=O) groups excluding carboxylic acids is 2. The monoisotopic (exact) mass is 328 g/mol. The van der Waals surface area contributed by atoms with E-state index in [9.17, 15) is 9.59 Å². The number of rotatable bonds is 3. The number of likely N-dealkylation sites (tertiary alicyclic amines) is 1. The van der Waals surface area contributed by atoms with Crippen molar-refractivity contribution in [2.75, 3.05) is 32.7 Å². The lowest BCUT2D eigenvalue weighted by atomic mass is 9.93. The Hall–Kier alpha value is -1.95. The van der Waals surface area contributed by atoms with Gasteiger partial charge in [0, 0.05) is 38.1 Å². The van der Waals surface area contributed by atoms with E-state index in [0.717, 1.165) is 31.1 Å². The smallest absolute Gasteiger partial charge is 0.255 e. The van der Waals surface area contributed by atoms with Gasteiger partial charge in [-0.15, -0.1) is 0 Å². The van der Waals surface area contributed by atoms with Gasteiger partial charge in [0.25, 0.3) is 5.91 Å². The van der Waals surface area contributed by atoms with Crippen LogP contribution in [0.3, 0.4) is 0 Å². The number of aromatic nitrogens is 1. The van der Waals surface area contributed by atoms with Crippen molar-refractivity contribution >= 4 is 11.8 Å². The summed E-state index contributed by atoms with van der Waals surface area (Å²) in [5.41, 5.74) is 1.46. The van der Waals surface area contributed by atoms with Gasteiger partial charge < -0.3 is 10.2 Å². The number of carbonyl (C=O) groups is 2. The molecule has 0 aromatic carbocycles. The van der Waals surface area contributed by atoms with Crippen LogP contribution in [-0.2, 0) is 4.79 Å². The molecule has 3 heterocycles. The van der Waals surface area contributed by atoms with Crippen molar-refractivity contribution in [3.63, 3.8) is 0 Å². The Labute approximate surface area is 142 Å². The lowest BCUT2D eigenvalue weighted by Crippen LogP contribution is -2.64. The van der Waals surface area contributed by atoms with Crippen molar-refractivity contribution in [3.05, 3.63) is 29.6 Å². The molecule has 3 fully saturated rings. The molecule has 1 aromatic rings. The van der Waals surface area contributed by atoms with Crippen LogP contribution in [0, 0.1) is 12.8 Å². The Morgan fingerprint density at radius 3 is 2.96 bits per heavy atom. The Morgan fingerprint density at radius 2 is 2.25 bits per heavy atom. The summed E-state index contributed by atoms with van der Waals surface area (Å²) in [6.45, 7) is 5.44. The van der Waals surface area contributed by atoms with Crippen molar-refractivity contribution in [2.24, 2.45) is 5.92 Å². The van der Waals surface area contributed by atoms with Crippen molar-refractivity contribution in [1.82, 2.24) is 20.1 Å². The maximum absolute atomic E-state index is 12.8. The maximum atomic E-state index is 12.8. The summed E-state index contributed by atoms with van der Waals surface area (Å²) in [4.78, 5) is 33.1. The van der Waals surface area contributed by atoms with Gasteiger partial charge in [-0.2, -0.15) is 0 Å². The Morgan fingerprint density at radius 1 is 1.42 bits per heavy atom. The van der Waals surface area contributed by atoms with E-state index in [1.807, 2.05) is 24.0 Å². The average Bonchev–Trinajstić information content (AvgIpc) is 3.29. The van der Waals surface area contributed by atoms with E-state index in [4.69, 9.17) is 0 Å². The van der Waals surface area contributed by atoms with Crippen molar-refractivity contribution in [2.45, 2.75) is 31.7 Å². The third kappa shape index (κ3) is 2.90. The van der Waals surface area contributed by atoms with E-state index in [2.05, 4.69) is 15.2 Å². The van der Waals surface area contributed by atoms with E-state index >= 15 is 0 Å². The molecule has 2 saturated heterocycles. The Kier molecular flexibility index (Phi) is 3.79. The number of nitrogens with one attached hydrogen (secondary N) is 1. The highest BCUT2D eigenvalue weighted by Gasteiger charge is 2.48. The van der Waals surface area contributed by atoms with Gasteiger partial charge >= 0.3 is 0 Å². The highest BCUT2D eigenvalue weighted by atomic mass is 16.2. The molecule has 1 aliphatic carbocycles. The normalized spacial score (nSPS) is 27.5. The van der Waals surface area contributed by atoms with Crippen molar-refractivity contribution in [1.29, 1.82) is 0 Å². The minimum absolute atomic E-state index is 0.0441. The molecule has 4 rings (SSSR count). The molecule has 2 aliphatic heterocycles. The summed E-state index contributed by atoms with van der Waals surface area (Å²) >= 11 is 0. The third-order valence-electron chi connectivity index (χ3n) is 5.57. The van der Waals surface area contributed by atoms with Crippen LogP contribution in [0.15, 0.2) is 18.3 Å². The van der Waals surface area contributed by atoms with E-state index in [1.165, 1.54) is 12.8 Å². The summed E-state index contributed by atoms with van der Waals surface area (Å²) in [5.74, 6) is 0.884. The first-order chi connectivity index (χ1) is 11.6. The average molecular weight is 328 g/mol. The van der Waals surface area contributed by atoms with E-state index in [-0.39, 0.29) is 17.4 Å². The van der Waals surface area contributed by atoms with Crippen LogP contribution in [0.25, 0.3) is 0 Å². The fraction of sp³-hybridized carbons (Fsp3) is 0.611. The quantitative estimate of drug-likeness (QED) is 0.892. The van der Waals surface area contributed by atoms with Gasteiger partial charge in [-0.05, 0) is 44.2 Å². The van der Waals surface area contributed by atoms with Gasteiger partial charge in [-0.25, -0.2) is 0 Å². The van der Waals surface area contributed by atoms with Crippen LogP contribution in [-0.4, -0.2) is 64.9 Å². The molecule has 1 saturated carbocycles. The number of pyridine rings is 1. The minimum Gasteiger partial charge on any atom is -0.353 e. The zero-order valence-corrected chi connectivity index (χ0v) is 14.1. The van der Waals surface area contributed by atoms with Gasteiger partial charge in [-0.1, -0.05) is 0 Å². The zero-order chi connectivity index (χ0) is 16.7. The van der Waals surface area contributed by atoms with Gasteiger partial charge in [0.15, 0.2) is 0 Å². The maximum Gasteiger partial charge on any atom is 0.255 e. The molecule has 1 aromatic heterocycles. The standard InChI is InChI=1S/C18H24N4O2/c1-13-2-5-15(8-19-13)17(24)21-7-6-18(12-21)11-20-16(23)10-22(18)9-14-3-4-14/h2,5,8,14H,3-4,6-7,9-12H2,1H3,(H,20,23)/t18-/m1/s1. The molecule has 128 valence electrons. The van der Waals surface area contributed by atoms with E-state index in [0.29, 0.717) is 25.2 Å². The van der Waals surface area contributed by atoms with E-state index in [1.54, 1.807) is 6.20 Å². The number of nitrogens with zero attached hydrogens (tertiary/aromatic N) is 3. The van der Waals surface area contributed by atoms with Gasteiger partial charge in [0.05, 0.1) is 17.6 Å². The number of hydrogen-bond acceptors (Lipinski definition) is 4. The van der Waals surface area contributed by atoms with Crippen LogP contribution in [0.4, 0.5) is 0 Å². The molecule has 3 aliphatic rings. The lowest BCUT2D eigenvalue weighted by Gasteiger charge is -2.44. The second kappa shape index (κ2) is 5.84. The molecular weight excluding hydrogens is 304 g/mol. The molecule has 6 nitrogen and oxygen atoms in total. The molecule has 0 unspecified atom stereocenters. The molecule has 1 atom stereocenters. The second-order valence-corrected chi connectivity index (χ2v) is 7.49. The third-order valence-corrected chi connectivity index (χ3v) is 5.57. The van der Waals surface area contributed by atoms with Gasteiger partial charge in [0.2, 0.25) is 5.91 Å². The van der Waals surface area contributed by atoms with E-state index < -0.39 is 0 Å². The predicted molar refractivity (Wildman–Crippen MR) is 89.5 cm³/mol. The molecule has 6 heteroatoms. The van der Waals surface area contributed by atoms with Crippen LogP contribution < -0.4 is 5.32 Å². The van der Waals surface area contributed by atoms with Crippen LogP contribution in [0.1, 0.15) is 35.3 Å². The first-order valence-corrected chi connectivity index (χ1v) is 8.79. The Bertz CT molecular complexity index is 655. The van der Waals surface area contributed by atoms with Gasteiger partial charge in [-0.3, -0.25) is 19.5 Å². The fourth-order valence-electron chi connectivity index (χ4n) is 3.85. The number of amides is 2. The molecule has 0 radical (unpaired) electrons. The number of aryl methyl sites for hydroxylation is 1. The predicted octanol–water partition coefficient (Wildman–Crippen LogP) is 0.817. The lowest BCUT2D eigenvalue weighted by molar-refractivity contribution is -0.128. The summed E-state index contributed by atoms with van der Waals surface area (Å²) in [6.07, 6.45) is 5.12. The molecule has 0 bridgehead atoms. The molecule has 1 spiro atoms. The van der Waals surface area contributed by atoms with Crippen LogP contribution in [0.2, 0.25) is 0 Å².